The zero-order valence-corrected chi connectivity index (χ0v) is 16.9. The van der Waals surface area contributed by atoms with Crippen LogP contribution in [0.25, 0.3) is 22.6 Å². The molecule has 0 aliphatic carbocycles. The van der Waals surface area contributed by atoms with Gasteiger partial charge in [-0.3, -0.25) is 19.8 Å². The minimum Gasteiger partial charge on any atom is -0.306 e. The van der Waals surface area contributed by atoms with Crippen LogP contribution in [0.15, 0.2) is 59.8 Å². The zero-order valence-electron chi connectivity index (χ0n) is 16.1. The molecule has 0 amide bonds. The quantitative estimate of drug-likeness (QED) is 0.529. The summed E-state index contributed by atoms with van der Waals surface area (Å²) in [5, 5.41) is 8.00. The van der Waals surface area contributed by atoms with E-state index in [4.69, 9.17) is 16.6 Å². The molecule has 0 radical (unpaired) electrons. The smallest absolute Gasteiger partial charge is 0.255 e. The predicted octanol–water partition coefficient (Wildman–Crippen LogP) is 3.43. The van der Waals surface area contributed by atoms with E-state index in [1.54, 1.807) is 12.4 Å². The van der Waals surface area contributed by atoms with Crippen LogP contribution in [0, 0.1) is 0 Å². The fourth-order valence-corrected chi connectivity index (χ4v) is 3.92. The van der Waals surface area contributed by atoms with Crippen molar-refractivity contribution < 1.29 is 0 Å². The maximum Gasteiger partial charge on any atom is 0.255 e. The van der Waals surface area contributed by atoms with E-state index in [9.17, 15) is 4.79 Å². The Morgan fingerprint density at radius 3 is 2.77 bits per heavy atom. The van der Waals surface area contributed by atoms with E-state index in [2.05, 4.69) is 25.1 Å². The summed E-state index contributed by atoms with van der Waals surface area (Å²) in [6.07, 6.45) is 5.97. The van der Waals surface area contributed by atoms with Crippen molar-refractivity contribution in [3.05, 3.63) is 87.2 Å². The average molecular weight is 419 g/mol. The number of aromatic nitrogens is 5. The second-order valence-electron chi connectivity index (χ2n) is 7.32. The van der Waals surface area contributed by atoms with Crippen LogP contribution in [0.4, 0.5) is 0 Å². The highest BCUT2D eigenvalue weighted by atomic mass is 35.5. The van der Waals surface area contributed by atoms with E-state index in [1.807, 2.05) is 42.6 Å². The summed E-state index contributed by atoms with van der Waals surface area (Å²) in [6, 6.07) is 11.4. The van der Waals surface area contributed by atoms with E-state index < -0.39 is 0 Å². The molecule has 0 spiro atoms. The first kappa shape index (κ1) is 18.7. The Labute approximate surface area is 177 Å². The van der Waals surface area contributed by atoms with E-state index in [0.717, 1.165) is 46.6 Å². The number of halogens is 1. The molecule has 0 unspecified atom stereocenters. The van der Waals surface area contributed by atoms with Crippen LogP contribution in [0.5, 0.6) is 0 Å². The summed E-state index contributed by atoms with van der Waals surface area (Å²) in [7, 11) is 0. The van der Waals surface area contributed by atoms with Gasteiger partial charge in [-0.2, -0.15) is 5.10 Å². The van der Waals surface area contributed by atoms with Crippen molar-refractivity contribution in [2.24, 2.45) is 0 Å². The largest absolute Gasteiger partial charge is 0.306 e. The first-order valence-electron chi connectivity index (χ1n) is 9.70. The van der Waals surface area contributed by atoms with Gasteiger partial charge in [0.05, 0.1) is 23.1 Å². The number of hydrogen-bond donors (Lipinski definition) is 2. The highest BCUT2D eigenvalue weighted by Crippen LogP contribution is 2.26. The molecule has 7 nitrogen and oxygen atoms in total. The van der Waals surface area contributed by atoms with E-state index in [0.29, 0.717) is 23.9 Å². The predicted molar refractivity (Wildman–Crippen MR) is 115 cm³/mol. The van der Waals surface area contributed by atoms with Gasteiger partial charge in [-0.05, 0) is 29.8 Å². The third-order valence-electron chi connectivity index (χ3n) is 5.33. The van der Waals surface area contributed by atoms with Crippen LogP contribution in [-0.2, 0) is 19.5 Å². The molecule has 5 rings (SSSR count). The number of benzene rings is 1. The molecule has 30 heavy (non-hydrogen) atoms. The maximum absolute atomic E-state index is 12.8. The lowest BCUT2D eigenvalue weighted by atomic mass is 10.0. The standard InChI is InChI=1S/C22H19ClN6O/c23-17-5-3-14(4-6-17)20-16(11-25-28-20)12-29-9-7-19-18(13-29)22(30)27-21(26-19)15-2-1-8-24-10-15/h1-6,8,10-11H,7,9,12-13H2,(H,25,28)(H,26,27,30). The SMILES string of the molecule is O=c1[nH]c(-c2cccnc2)nc2c1CN(Cc1cn[nH]c1-c1ccc(Cl)cc1)CC2. The third-order valence-corrected chi connectivity index (χ3v) is 5.58. The van der Waals surface area contributed by atoms with Crippen molar-refractivity contribution >= 4 is 11.6 Å². The molecule has 0 atom stereocenters. The van der Waals surface area contributed by atoms with Crippen molar-refractivity contribution in [2.45, 2.75) is 19.5 Å². The van der Waals surface area contributed by atoms with Gasteiger partial charge in [0, 0.05) is 54.6 Å². The van der Waals surface area contributed by atoms with Gasteiger partial charge in [0.2, 0.25) is 0 Å². The van der Waals surface area contributed by atoms with Crippen LogP contribution in [0.2, 0.25) is 5.02 Å². The number of hydrogen-bond acceptors (Lipinski definition) is 5. The number of nitrogens with zero attached hydrogens (tertiary/aromatic N) is 4. The molecule has 1 aromatic carbocycles. The lowest BCUT2D eigenvalue weighted by Crippen LogP contribution is -2.35. The summed E-state index contributed by atoms with van der Waals surface area (Å²) in [4.78, 5) is 26.7. The lowest BCUT2D eigenvalue weighted by molar-refractivity contribution is 0.242. The number of pyridine rings is 1. The van der Waals surface area contributed by atoms with E-state index >= 15 is 0 Å². The fourth-order valence-electron chi connectivity index (χ4n) is 3.79. The number of H-pyrrole nitrogens is 2. The van der Waals surface area contributed by atoms with Gasteiger partial charge in [0.15, 0.2) is 0 Å². The number of rotatable bonds is 4. The molecule has 3 aromatic heterocycles. The number of nitrogens with one attached hydrogen (secondary N) is 2. The molecule has 0 saturated heterocycles. The number of aromatic amines is 2. The van der Waals surface area contributed by atoms with Crippen LogP contribution < -0.4 is 5.56 Å². The highest BCUT2D eigenvalue weighted by Gasteiger charge is 2.23. The molecule has 0 fully saturated rings. The fraction of sp³-hybridized carbons (Fsp3) is 0.182. The maximum atomic E-state index is 12.8. The average Bonchev–Trinajstić information content (AvgIpc) is 3.23. The first-order valence-corrected chi connectivity index (χ1v) is 10.1. The van der Waals surface area contributed by atoms with E-state index in [-0.39, 0.29) is 5.56 Å². The molecular weight excluding hydrogens is 400 g/mol. The van der Waals surface area contributed by atoms with Crippen LogP contribution in [0.1, 0.15) is 16.8 Å². The number of fused-ring (bicyclic) bond motifs is 1. The molecule has 2 N–H and O–H groups in total. The van der Waals surface area contributed by atoms with Crippen LogP contribution in [0.3, 0.4) is 0 Å². The molecule has 0 saturated carbocycles. The second-order valence-corrected chi connectivity index (χ2v) is 7.76. The van der Waals surface area contributed by atoms with Gasteiger partial charge in [-0.25, -0.2) is 4.98 Å². The summed E-state index contributed by atoms with van der Waals surface area (Å²) >= 11 is 6.01. The van der Waals surface area contributed by atoms with Crippen molar-refractivity contribution in [1.82, 2.24) is 30.0 Å². The molecular formula is C22H19ClN6O. The van der Waals surface area contributed by atoms with Gasteiger partial charge in [-0.15, -0.1) is 0 Å². The Kier molecular flexibility index (Phi) is 4.90. The van der Waals surface area contributed by atoms with Crippen LogP contribution in [-0.4, -0.2) is 36.6 Å². The topological polar surface area (TPSA) is 90.6 Å². The third kappa shape index (κ3) is 3.65. The highest BCUT2D eigenvalue weighted by molar-refractivity contribution is 6.30. The van der Waals surface area contributed by atoms with E-state index in [1.165, 1.54) is 0 Å². The van der Waals surface area contributed by atoms with Gasteiger partial charge in [0.1, 0.15) is 5.82 Å². The summed E-state index contributed by atoms with van der Waals surface area (Å²) in [5.74, 6) is 0.570. The Bertz CT molecular complexity index is 1230. The molecule has 8 heteroatoms. The Hall–Kier alpha value is -3.29. The van der Waals surface area contributed by atoms with Crippen molar-refractivity contribution in [1.29, 1.82) is 0 Å². The van der Waals surface area contributed by atoms with Crippen molar-refractivity contribution in [3.63, 3.8) is 0 Å². The monoisotopic (exact) mass is 418 g/mol. The molecule has 1 aliphatic heterocycles. The van der Waals surface area contributed by atoms with Gasteiger partial charge in [-0.1, -0.05) is 23.7 Å². The Morgan fingerprint density at radius 1 is 1.10 bits per heavy atom. The molecule has 1 aliphatic rings. The molecule has 150 valence electrons. The lowest BCUT2D eigenvalue weighted by Gasteiger charge is -2.27. The molecule has 4 aromatic rings. The first-order chi connectivity index (χ1) is 14.7. The Morgan fingerprint density at radius 2 is 1.97 bits per heavy atom. The second kappa shape index (κ2) is 7.85. The van der Waals surface area contributed by atoms with Crippen LogP contribution >= 0.6 is 11.6 Å². The Balaban J connectivity index is 1.38. The van der Waals surface area contributed by atoms with Crippen molar-refractivity contribution in [3.8, 4) is 22.6 Å². The minimum atomic E-state index is -0.0892. The molecule has 4 heterocycles. The van der Waals surface area contributed by atoms with Gasteiger partial charge in [0.25, 0.3) is 5.56 Å². The summed E-state index contributed by atoms with van der Waals surface area (Å²) < 4.78 is 0. The minimum absolute atomic E-state index is 0.0892. The van der Waals surface area contributed by atoms with Gasteiger partial charge >= 0.3 is 0 Å². The van der Waals surface area contributed by atoms with Gasteiger partial charge < -0.3 is 4.98 Å². The zero-order chi connectivity index (χ0) is 20.5. The van der Waals surface area contributed by atoms with Crippen molar-refractivity contribution in [2.75, 3.05) is 6.54 Å². The summed E-state index contributed by atoms with van der Waals surface area (Å²) in [5.41, 5.74) is 5.39. The summed E-state index contributed by atoms with van der Waals surface area (Å²) in [6.45, 7) is 2.06. The normalized spacial score (nSPS) is 13.9. The molecule has 0 bridgehead atoms.